The number of aromatic nitrogens is 2. The molecule has 2 aromatic rings. The predicted octanol–water partition coefficient (Wildman–Crippen LogP) is 1.21. The van der Waals surface area contributed by atoms with Gasteiger partial charge in [0.15, 0.2) is 0 Å². The lowest BCUT2D eigenvalue weighted by molar-refractivity contribution is 0.305. The largest absolute Gasteiger partial charge is 0.494 e. The molecule has 0 aromatic carbocycles. The lowest BCUT2D eigenvalue weighted by Gasteiger charge is -2.23. The van der Waals surface area contributed by atoms with Crippen molar-refractivity contribution in [1.29, 1.82) is 0 Å². The summed E-state index contributed by atoms with van der Waals surface area (Å²) in [6.45, 7) is 5.48. The Morgan fingerprint density at radius 3 is 2.71 bits per heavy atom. The molecule has 0 radical (unpaired) electrons. The molecule has 0 saturated heterocycles. The smallest absolute Gasteiger partial charge is 0.331 e. The molecular formula is C14H17N3O4. The van der Waals surface area contributed by atoms with Gasteiger partial charge in [-0.05, 0) is 32.9 Å². The third-order valence-electron chi connectivity index (χ3n) is 2.84. The molecular weight excluding hydrogens is 274 g/mol. The number of furan rings is 1. The van der Waals surface area contributed by atoms with Crippen molar-refractivity contribution in [3.8, 4) is 5.88 Å². The fourth-order valence-corrected chi connectivity index (χ4v) is 1.91. The van der Waals surface area contributed by atoms with Crippen molar-refractivity contribution in [2.75, 3.05) is 0 Å². The average molecular weight is 291 g/mol. The van der Waals surface area contributed by atoms with E-state index in [4.69, 9.17) is 4.42 Å². The molecule has 0 aliphatic carbocycles. The number of hydrogen-bond acceptors (Lipinski definition) is 5. The molecule has 0 atom stereocenters. The van der Waals surface area contributed by atoms with Crippen LogP contribution in [-0.2, 0) is 12.1 Å². The highest BCUT2D eigenvalue weighted by Crippen LogP contribution is 2.19. The summed E-state index contributed by atoms with van der Waals surface area (Å²) in [4.78, 5) is 29.8. The van der Waals surface area contributed by atoms with E-state index in [1.165, 1.54) is 12.5 Å². The maximum Gasteiger partial charge on any atom is 0.331 e. The molecule has 2 heterocycles. The minimum atomic E-state index is -0.679. The van der Waals surface area contributed by atoms with Crippen LogP contribution in [0.3, 0.4) is 0 Å². The van der Waals surface area contributed by atoms with Crippen molar-refractivity contribution < 1.29 is 9.52 Å². The van der Waals surface area contributed by atoms with E-state index in [0.717, 1.165) is 4.57 Å². The monoisotopic (exact) mass is 291 g/mol. The Labute approximate surface area is 120 Å². The number of H-pyrrole nitrogens is 1. The van der Waals surface area contributed by atoms with Crippen LogP contribution in [-0.4, -0.2) is 20.9 Å². The van der Waals surface area contributed by atoms with E-state index in [9.17, 15) is 14.7 Å². The van der Waals surface area contributed by atoms with Crippen LogP contribution in [0.15, 0.2) is 37.4 Å². The highest BCUT2D eigenvalue weighted by Gasteiger charge is 2.22. The first-order valence-electron chi connectivity index (χ1n) is 6.41. The number of aromatic amines is 1. The standard InChI is InChI=1S/C14H17N3O4/c1-14(2,3)17-12(19)10(11(18)16-13(17)20)8-15-7-9-5-4-6-21-9/h4-6,8,19H,7H2,1-3H3,(H,16,18,20). The molecule has 2 rings (SSSR count). The van der Waals surface area contributed by atoms with Crippen LogP contribution in [0.4, 0.5) is 0 Å². The quantitative estimate of drug-likeness (QED) is 0.830. The molecule has 0 amide bonds. The zero-order valence-electron chi connectivity index (χ0n) is 12.1. The van der Waals surface area contributed by atoms with Gasteiger partial charge >= 0.3 is 5.69 Å². The molecule has 21 heavy (non-hydrogen) atoms. The van der Waals surface area contributed by atoms with E-state index >= 15 is 0 Å². The predicted molar refractivity (Wildman–Crippen MR) is 78.0 cm³/mol. The van der Waals surface area contributed by atoms with Crippen LogP contribution in [0.25, 0.3) is 0 Å². The normalized spacial score (nSPS) is 12.1. The molecule has 0 aliphatic rings. The summed E-state index contributed by atoms with van der Waals surface area (Å²) in [6.07, 6.45) is 2.76. The summed E-state index contributed by atoms with van der Waals surface area (Å²) in [5.41, 5.74) is -2.07. The average Bonchev–Trinajstić information content (AvgIpc) is 2.84. The Balaban J connectivity index is 2.42. The van der Waals surface area contributed by atoms with Gasteiger partial charge in [0.2, 0.25) is 5.88 Å². The van der Waals surface area contributed by atoms with Crippen molar-refractivity contribution in [3.63, 3.8) is 0 Å². The van der Waals surface area contributed by atoms with Crippen LogP contribution < -0.4 is 11.2 Å². The summed E-state index contributed by atoms with van der Waals surface area (Å²) >= 11 is 0. The Bertz CT molecular complexity index is 761. The molecule has 7 nitrogen and oxygen atoms in total. The summed E-state index contributed by atoms with van der Waals surface area (Å²) in [5, 5.41) is 10.2. The van der Waals surface area contributed by atoms with Crippen molar-refractivity contribution in [3.05, 3.63) is 50.6 Å². The maximum absolute atomic E-state index is 11.8. The van der Waals surface area contributed by atoms with Crippen LogP contribution in [0.2, 0.25) is 0 Å². The van der Waals surface area contributed by atoms with Gasteiger partial charge in [-0.15, -0.1) is 0 Å². The van der Waals surface area contributed by atoms with Gasteiger partial charge in [0.1, 0.15) is 11.3 Å². The number of aliphatic imine (C=N–C) groups is 1. The van der Waals surface area contributed by atoms with Crippen molar-refractivity contribution in [1.82, 2.24) is 9.55 Å². The topological polar surface area (TPSA) is 101 Å². The van der Waals surface area contributed by atoms with E-state index in [1.54, 1.807) is 32.9 Å². The van der Waals surface area contributed by atoms with Crippen molar-refractivity contribution in [2.24, 2.45) is 4.99 Å². The zero-order valence-corrected chi connectivity index (χ0v) is 12.1. The zero-order chi connectivity index (χ0) is 15.6. The second kappa shape index (κ2) is 5.43. The van der Waals surface area contributed by atoms with Crippen molar-refractivity contribution in [2.45, 2.75) is 32.9 Å². The Morgan fingerprint density at radius 1 is 1.43 bits per heavy atom. The number of hydrogen-bond donors (Lipinski definition) is 2. The molecule has 0 saturated carbocycles. The van der Waals surface area contributed by atoms with Gasteiger partial charge in [0.25, 0.3) is 5.56 Å². The molecule has 2 N–H and O–H groups in total. The van der Waals surface area contributed by atoms with Gasteiger partial charge in [0.05, 0.1) is 12.8 Å². The number of aromatic hydroxyl groups is 1. The summed E-state index contributed by atoms with van der Waals surface area (Å²) in [5.74, 6) is 0.228. The second-order valence-electron chi connectivity index (χ2n) is 5.55. The van der Waals surface area contributed by atoms with Gasteiger partial charge in [-0.3, -0.25) is 19.3 Å². The van der Waals surface area contributed by atoms with Crippen LogP contribution in [0.5, 0.6) is 5.88 Å². The first-order chi connectivity index (χ1) is 9.80. The van der Waals surface area contributed by atoms with E-state index < -0.39 is 22.7 Å². The third kappa shape index (κ3) is 3.13. The molecule has 112 valence electrons. The van der Waals surface area contributed by atoms with Gasteiger partial charge < -0.3 is 9.52 Å². The van der Waals surface area contributed by atoms with E-state index in [0.29, 0.717) is 5.76 Å². The Kier molecular flexibility index (Phi) is 3.84. The van der Waals surface area contributed by atoms with Gasteiger partial charge in [-0.2, -0.15) is 0 Å². The van der Waals surface area contributed by atoms with Gasteiger partial charge in [-0.25, -0.2) is 4.79 Å². The lowest BCUT2D eigenvalue weighted by Crippen LogP contribution is -2.40. The SMILES string of the molecule is CC(C)(C)n1c(O)c(C=NCc2ccco2)c(=O)[nH]c1=O. The Hall–Kier alpha value is -2.57. The lowest BCUT2D eigenvalue weighted by atomic mass is 10.1. The van der Waals surface area contributed by atoms with Crippen molar-refractivity contribution >= 4 is 6.21 Å². The van der Waals surface area contributed by atoms with Crippen LogP contribution >= 0.6 is 0 Å². The van der Waals surface area contributed by atoms with Gasteiger partial charge in [0, 0.05) is 11.8 Å². The summed E-state index contributed by atoms with van der Waals surface area (Å²) in [7, 11) is 0. The molecule has 0 fully saturated rings. The molecule has 2 aromatic heterocycles. The first kappa shape index (κ1) is 14.8. The summed E-state index contributed by atoms with van der Waals surface area (Å²) < 4.78 is 6.23. The second-order valence-corrected chi connectivity index (χ2v) is 5.55. The van der Waals surface area contributed by atoms with E-state index in [-0.39, 0.29) is 12.1 Å². The fourth-order valence-electron chi connectivity index (χ4n) is 1.91. The molecule has 0 aliphatic heterocycles. The number of nitrogens with zero attached hydrogens (tertiary/aromatic N) is 2. The minimum absolute atomic E-state index is 0.0592. The third-order valence-corrected chi connectivity index (χ3v) is 2.84. The minimum Gasteiger partial charge on any atom is -0.494 e. The van der Waals surface area contributed by atoms with Gasteiger partial charge in [-0.1, -0.05) is 0 Å². The van der Waals surface area contributed by atoms with E-state index in [2.05, 4.69) is 9.98 Å². The highest BCUT2D eigenvalue weighted by molar-refractivity contribution is 5.81. The summed E-state index contributed by atoms with van der Waals surface area (Å²) in [6, 6.07) is 3.48. The molecule has 0 spiro atoms. The van der Waals surface area contributed by atoms with E-state index in [1.807, 2.05) is 0 Å². The number of rotatable bonds is 3. The molecule has 0 unspecified atom stereocenters. The maximum atomic E-state index is 11.8. The fraction of sp³-hybridized carbons (Fsp3) is 0.357. The van der Waals surface area contributed by atoms with Crippen LogP contribution in [0.1, 0.15) is 32.1 Å². The Morgan fingerprint density at radius 2 is 2.14 bits per heavy atom. The first-order valence-corrected chi connectivity index (χ1v) is 6.41. The number of nitrogens with one attached hydrogen (secondary N) is 1. The van der Waals surface area contributed by atoms with Crippen LogP contribution in [0, 0.1) is 0 Å². The molecule has 7 heteroatoms. The molecule has 0 bridgehead atoms. The highest BCUT2D eigenvalue weighted by atomic mass is 16.3.